The summed E-state index contributed by atoms with van der Waals surface area (Å²) < 4.78 is 32.5. The van der Waals surface area contributed by atoms with Gasteiger partial charge in [-0.25, -0.2) is 19.3 Å². The molecule has 1 heterocycles. The molecule has 1 aliphatic rings. The number of hydrogen-bond donors (Lipinski definition) is 6. The van der Waals surface area contributed by atoms with Crippen LogP contribution in [0.1, 0.15) is 6.92 Å². The third-order valence-electron chi connectivity index (χ3n) is 2.67. The second kappa shape index (κ2) is 5.75. The molecule has 0 aromatic carbocycles. The lowest BCUT2D eigenvalue weighted by Gasteiger charge is -2.22. The summed E-state index contributed by atoms with van der Waals surface area (Å²) in [6.07, 6.45) is -3.93. The van der Waals surface area contributed by atoms with Crippen LogP contribution in [0.15, 0.2) is 4.99 Å². The number of rotatable bonds is 3. The van der Waals surface area contributed by atoms with Crippen molar-refractivity contribution in [3.05, 3.63) is 0 Å². The summed E-state index contributed by atoms with van der Waals surface area (Å²) in [6.45, 7) is -0.537. The first kappa shape index (κ1) is 16.4. The molecule has 4 atom stereocenters. The number of carbonyl (C=O) groups is 1. The summed E-state index contributed by atoms with van der Waals surface area (Å²) in [6, 6.07) is 0. The zero-order chi connectivity index (χ0) is 15.6. The Morgan fingerprint density at radius 2 is 2.20 bits per heavy atom. The highest BCUT2D eigenvalue weighted by Crippen LogP contribution is 2.42. The van der Waals surface area contributed by atoms with Gasteiger partial charge in [0.05, 0.1) is 6.21 Å². The first-order valence-electron chi connectivity index (χ1n) is 5.35. The summed E-state index contributed by atoms with van der Waals surface area (Å²) in [4.78, 5) is 14.2. The second-order valence-electron chi connectivity index (χ2n) is 4.19. The van der Waals surface area contributed by atoms with E-state index in [0.29, 0.717) is 6.21 Å². The highest BCUT2D eigenvalue weighted by molar-refractivity contribution is 6.28. The van der Waals surface area contributed by atoms with Gasteiger partial charge in [0.2, 0.25) is 5.96 Å². The number of ether oxygens (including phenoxy) is 1. The van der Waals surface area contributed by atoms with E-state index in [1.165, 1.54) is 5.48 Å². The normalized spacial score (nSPS) is 37.6. The molecule has 0 saturated carbocycles. The number of aliphatic imine (C=N–C) groups is 1. The number of hydrogen-bond acceptors (Lipinski definition) is 7. The molecule has 0 spiro atoms. The maximum absolute atomic E-state index is 14.2. The molecule has 0 aromatic rings. The van der Waals surface area contributed by atoms with Gasteiger partial charge in [0, 0.05) is 0 Å². The molecule has 11 heteroatoms. The number of hydroxylamine groups is 1. The Bertz CT molecular complexity index is 433. The minimum Gasteiger partial charge on any atom is -0.390 e. The molecule has 114 valence electrons. The van der Waals surface area contributed by atoms with Crippen LogP contribution in [0.25, 0.3) is 0 Å². The van der Waals surface area contributed by atoms with Gasteiger partial charge in [-0.1, -0.05) is 0 Å². The summed E-state index contributed by atoms with van der Waals surface area (Å²) in [5, 5.41) is 35.4. The van der Waals surface area contributed by atoms with Crippen molar-refractivity contribution in [3.63, 3.8) is 0 Å². The largest absolute Gasteiger partial charge is 0.390 e. The molecule has 0 radical (unpaired) electrons. The van der Waals surface area contributed by atoms with E-state index >= 15 is 0 Å². The van der Waals surface area contributed by atoms with Crippen LogP contribution < -0.4 is 10.8 Å². The molecule has 20 heavy (non-hydrogen) atoms. The van der Waals surface area contributed by atoms with Crippen molar-refractivity contribution >= 4 is 18.1 Å². The van der Waals surface area contributed by atoms with E-state index in [4.69, 9.17) is 15.7 Å². The molecule has 1 amide bonds. The average Bonchev–Trinajstić information content (AvgIpc) is 2.59. The minimum atomic E-state index is -3.07. The number of halogens is 2. The molecule has 0 aromatic heterocycles. The molecule has 6 N–H and O–H groups in total. The lowest BCUT2D eigenvalue weighted by molar-refractivity contribution is -0.194. The van der Waals surface area contributed by atoms with Gasteiger partial charge in [0.25, 0.3) is 11.8 Å². The molecule has 1 fully saturated rings. The Kier molecular flexibility index (Phi) is 4.70. The van der Waals surface area contributed by atoms with Crippen molar-refractivity contribution in [2.24, 2.45) is 4.99 Å². The fourth-order valence-corrected chi connectivity index (χ4v) is 1.56. The SMILES string of the molecule is C[C@@]1(F)[C@H](N=C(NO)NC(=O)C=N)O[C@](F)(CO)[C@H]1O. The minimum absolute atomic E-state index is 0.346. The number of carbonyl (C=O) groups excluding carboxylic acids is 1. The van der Waals surface area contributed by atoms with Crippen LogP contribution in [0.4, 0.5) is 8.78 Å². The van der Waals surface area contributed by atoms with Crippen molar-refractivity contribution in [2.45, 2.75) is 30.8 Å². The van der Waals surface area contributed by atoms with Crippen molar-refractivity contribution < 1.29 is 33.7 Å². The Morgan fingerprint density at radius 3 is 2.60 bits per heavy atom. The monoisotopic (exact) mass is 296 g/mol. The van der Waals surface area contributed by atoms with Gasteiger partial charge in [-0.15, -0.1) is 0 Å². The van der Waals surface area contributed by atoms with Crippen LogP contribution in [0.5, 0.6) is 0 Å². The number of aliphatic hydroxyl groups is 2. The predicted molar refractivity (Wildman–Crippen MR) is 60.6 cm³/mol. The molecule has 0 aliphatic carbocycles. The van der Waals surface area contributed by atoms with Gasteiger partial charge in [0.15, 0.2) is 18.0 Å². The molecular formula is C9H14F2N4O5. The van der Waals surface area contributed by atoms with Crippen molar-refractivity contribution in [3.8, 4) is 0 Å². The van der Waals surface area contributed by atoms with Crippen LogP contribution in [-0.4, -0.2) is 64.0 Å². The van der Waals surface area contributed by atoms with Crippen molar-refractivity contribution in [1.29, 1.82) is 5.41 Å². The smallest absolute Gasteiger partial charge is 0.268 e. The van der Waals surface area contributed by atoms with E-state index in [-0.39, 0.29) is 0 Å². The van der Waals surface area contributed by atoms with Crippen LogP contribution in [0.3, 0.4) is 0 Å². The van der Waals surface area contributed by atoms with Gasteiger partial charge in [-0.3, -0.25) is 15.3 Å². The standard InChI is InChI=1S/C9H14F2N4O5/c1-8(10)5(18)9(11,3-16)20-6(8)14-7(15-19)13-4(17)2-12/h2,5-6,12,16,18-19H,3H2,1H3,(H2,13,14,15,17)/t5-,6+,8-,9+/m0/s1. The van der Waals surface area contributed by atoms with E-state index in [2.05, 4.69) is 9.73 Å². The Labute approximate surface area is 111 Å². The van der Waals surface area contributed by atoms with Crippen molar-refractivity contribution in [2.75, 3.05) is 6.61 Å². The number of alkyl halides is 2. The van der Waals surface area contributed by atoms with Gasteiger partial charge in [0.1, 0.15) is 6.61 Å². The number of nitrogens with zero attached hydrogens (tertiary/aromatic N) is 1. The fourth-order valence-electron chi connectivity index (χ4n) is 1.56. The highest BCUT2D eigenvalue weighted by Gasteiger charge is 2.63. The summed E-state index contributed by atoms with van der Waals surface area (Å²) >= 11 is 0. The summed E-state index contributed by atoms with van der Waals surface area (Å²) in [7, 11) is 0. The number of guanidine groups is 1. The third kappa shape index (κ3) is 2.90. The predicted octanol–water partition coefficient (Wildman–Crippen LogP) is -1.81. The highest BCUT2D eigenvalue weighted by atomic mass is 19.2. The molecule has 0 unspecified atom stereocenters. The molecule has 1 aliphatic heterocycles. The average molecular weight is 296 g/mol. The van der Waals surface area contributed by atoms with E-state index < -0.39 is 42.3 Å². The van der Waals surface area contributed by atoms with E-state index in [1.54, 1.807) is 0 Å². The van der Waals surface area contributed by atoms with Crippen LogP contribution in [0.2, 0.25) is 0 Å². The van der Waals surface area contributed by atoms with Gasteiger partial charge in [-0.05, 0) is 6.92 Å². The first-order valence-corrected chi connectivity index (χ1v) is 5.35. The molecule has 9 nitrogen and oxygen atoms in total. The lowest BCUT2D eigenvalue weighted by atomic mass is 9.98. The summed E-state index contributed by atoms with van der Waals surface area (Å²) in [5.41, 5.74) is -1.33. The Morgan fingerprint density at radius 1 is 1.60 bits per heavy atom. The van der Waals surface area contributed by atoms with Crippen LogP contribution >= 0.6 is 0 Å². The zero-order valence-electron chi connectivity index (χ0n) is 10.3. The molecule has 0 bridgehead atoms. The second-order valence-corrected chi connectivity index (χ2v) is 4.19. The first-order chi connectivity index (χ1) is 9.21. The van der Waals surface area contributed by atoms with Gasteiger partial charge < -0.3 is 20.4 Å². The molecular weight excluding hydrogens is 282 g/mol. The van der Waals surface area contributed by atoms with Gasteiger partial charge >= 0.3 is 0 Å². The Hall–Kier alpha value is -1.69. The lowest BCUT2D eigenvalue weighted by Crippen LogP contribution is -2.47. The topological polar surface area (TPSA) is 147 Å². The number of amides is 1. The van der Waals surface area contributed by atoms with E-state index in [1.807, 2.05) is 5.32 Å². The number of aliphatic hydroxyl groups excluding tert-OH is 2. The van der Waals surface area contributed by atoms with E-state index in [0.717, 1.165) is 6.92 Å². The Balaban J connectivity index is 3.00. The fraction of sp³-hybridized carbons (Fsp3) is 0.667. The maximum atomic E-state index is 14.2. The summed E-state index contributed by atoms with van der Waals surface area (Å²) in [5.74, 6) is -4.79. The van der Waals surface area contributed by atoms with Gasteiger partial charge in [-0.2, -0.15) is 0 Å². The zero-order valence-corrected chi connectivity index (χ0v) is 10.3. The number of nitrogens with one attached hydrogen (secondary N) is 3. The quantitative estimate of drug-likeness (QED) is 0.205. The van der Waals surface area contributed by atoms with Crippen LogP contribution in [-0.2, 0) is 9.53 Å². The molecule has 1 rings (SSSR count). The van der Waals surface area contributed by atoms with Crippen LogP contribution in [0, 0.1) is 5.41 Å². The third-order valence-corrected chi connectivity index (χ3v) is 2.67. The van der Waals surface area contributed by atoms with E-state index in [9.17, 15) is 18.7 Å². The van der Waals surface area contributed by atoms with Crippen molar-refractivity contribution in [1.82, 2.24) is 10.8 Å². The maximum Gasteiger partial charge on any atom is 0.268 e. The molecule has 1 saturated heterocycles.